The van der Waals surface area contributed by atoms with Crippen molar-refractivity contribution >= 4 is 11.8 Å². The topological polar surface area (TPSA) is 66.8 Å². The fourth-order valence-electron chi connectivity index (χ4n) is 1.03. The zero-order chi connectivity index (χ0) is 12.8. The molecule has 0 bridgehead atoms. The van der Waals surface area contributed by atoms with Gasteiger partial charge in [-0.1, -0.05) is 0 Å². The van der Waals surface area contributed by atoms with Gasteiger partial charge >= 0.3 is 5.97 Å². The van der Waals surface area contributed by atoms with Crippen LogP contribution in [0.25, 0.3) is 0 Å². The highest BCUT2D eigenvalue weighted by atomic mass is 16.5. The minimum absolute atomic E-state index is 0.0454. The van der Waals surface area contributed by atoms with Crippen LogP contribution >= 0.6 is 0 Å². The molecule has 0 spiro atoms. The van der Waals surface area contributed by atoms with E-state index < -0.39 is 11.5 Å². The van der Waals surface area contributed by atoms with E-state index in [1.165, 1.54) is 0 Å². The number of ether oxygens (including phenoxy) is 1. The average molecular weight is 231 g/mol. The Morgan fingerprint density at radius 2 is 1.94 bits per heavy atom. The molecule has 0 unspecified atom stereocenters. The largest absolute Gasteiger partial charge is 0.466 e. The van der Waals surface area contributed by atoms with Crippen LogP contribution in [0.1, 0.15) is 27.2 Å². The van der Waals surface area contributed by atoms with Crippen LogP contribution in [-0.4, -0.2) is 54.1 Å². The van der Waals surface area contributed by atoms with E-state index in [1.807, 2.05) is 13.8 Å². The van der Waals surface area contributed by atoms with Crippen molar-refractivity contribution in [3.8, 4) is 0 Å². The van der Waals surface area contributed by atoms with Crippen molar-refractivity contribution in [2.75, 3.05) is 26.8 Å². The third-order valence-corrected chi connectivity index (χ3v) is 2.48. The van der Waals surface area contributed by atoms with E-state index in [-0.39, 0.29) is 32.0 Å². The molecule has 5 heteroatoms. The minimum atomic E-state index is -0.497. The number of aliphatic hydroxyl groups is 1. The first-order valence-electron chi connectivity index (χ1n) is 5.33. The van der Waals surface area contributed by atoms with Crippen LogP contribution in [0, 0.1) is 0 Å². The summed E-state index contributed by atoms with van der Waals surface area (Å²) in [5.74, 6) is -0.704. The third-order valence-electron chi connectivity index (χ3n) is 2.48. The summed E-state index contributed by atoms with van der Waals surface area (Å²) >= 11 is 0. The highest BCUT2D eigenvalue weighted by Crippen LogP contribution is 2.10. The van der Waals surface area contributed by atoms with Crippen LogP contribution in [0.2, 0.25) is 0 Å². The lowest BCUT2D eigenvalue weighted by molar-refractivity contribution is -0.145. The lowest BCUT2D eigenvalue weighted by atomic mass is 10.0. The van der Waals surface area contributed by atoms with Gasteiger partial charge in [-0.3, -0.25) is 14.5 Å². The second kappa shape index (κ2) is 6.60. The Morgan fingerprint density at radius 3 is 2.38 bits per heavy atom. The fourth-order valence-corrected chi connectivity index (χ4v) is 1.03. The lowest BCUT2D eigenvalue weighted by Gasteiger charge is -2.33. The Bertz CT molecular complexity index is 250. The van der Waals surface area contributed by atoms with E-state index in [0.717, 1.165) is 0 Å². The number of carbonyl (C=O) groups excluding carboxylic acids is 2. The van der Waals surface area contributed by atoms with Crippen LogP contribution in [0.3, 0.4) is 0 Å². The highest BCUT2D eigenvalue weighted by Gasteiger charge is 2.24. The van der Waals surface area contributed by atoms with Crippen molar-refractivity contribution < 1.29 is 19.4 Å². The molecular formula is C11H21NO4. The number of hydrogen-bond acceptors (Lipinski definition) is 5. The second-order valence-electron chi connectivity index (χ2n) is 4.35. The number of carbonyl (C=O) groups is 2. The van der Waals surface area contributed by atoms with E-state index in [4.69, 9.17) is 5.11 Å². The Kier molecular flexibility index (Phi) is 6.21. The van der Waals surface area contributed by atoms with E-state index in [9.17, 15) is 9.59 Å². The molecule has 16 heavy (non-hydrogen) atoms. The van der Waals surface area contributed by atoms with Gasteiger partial charge in [-0.05, 0) is 27.8 Å². The van der Waals surface area contributed by atoms with Crippen molar-refractivity contribution in [1.82, 2.24) is 4.90 Å². The average Bonchev–Trinajstić information content (AvgIpc) is 2.17. The van der Waals surface area contributed by atoms with E-state index in [0.29, 0.717) is 0 Å². The molecule has 0 aromatic heterocycles. The van der Waals surface area contributed by atoms with Crippen LogP contribution in [0.15, 0.2) is 0 Å². The van der Waals surface area contributed by atoms with E-state index in [2.05, 4.69) is 4.74 Å². The number of aliphatic hydroxyl groups excluding tert-OH is 1. The SMILES string of the molecule is CCOC(=O)CC(=O)CN(C)C(C)(C)CO. The number of likely N-dealkylation sites (N-methyl/N-ethyl adjacent to an activating group) is 1. The van der Waals surface area contributed by atoms with Gasteiger partial charge in [0, 0.05) is 5.54 Å². The number of rotatable bonds is 7. The summed E-state index contributed by atoms with van der Waals surface area (Å²) in [7, 11) is 1.74. The summed E-state index contributed by atoms with van der Waals surface area (Å²) in [5, 5.41) is 9.10. The molecule has 0 aliphatic rings. The predicted octanol–water partition coefficient (Wildman–Crippen LogP) is 0.211. The maximum absolute atomic E-state index is 11.5. The molecule has 0 aromatic carbocycles. The summed E-state index contributed by atoms with van der Waals surface area (Å²) in [5.41, 5.74) is -0.468. The Hall–Kier alpha value is -0.940. The molecule has 1 N–H and O–H groups in total. The summed E-state index contributed by atoms with van der Waals surface area (Å²) in [6.07, 6.45) is -0.209. The van der Waals surface area contributed by atoms with E-state index >= 15 is 0 Å². The molecule has 0 saturated heterocycles. The molecule has 0 aliphatic carbocycles. The highest BCUT2D eigenvalue weighted by molar-refractivity contribution is 5.96. The number of nitrogens with zero attached hydrogens (tertiary/aromatic N) is 1. The third kappa shape index (κ3) is 5.23. The van der Waals surface area contributed by atoms with Crippen LogP contribution in [-0.2, 0) is 14.3 Å². The van der Waals surface area contributed by atoms with Gasteiger partial charge in [0.25, 0.3) is 0 Å². The quantitative estimate of drug-likeness (QED) is 0.501. The molecule has 0 radical (unpaired) electrons. The van der Waals surface area contributed by atoms with Gasteiger partial charge in [-0.2, -0.15) is 0 Å². The standard InChI is InChI=1S/C11H21NO4/c1-5-16-10(15)6-9(14)7-12(4)11(2,3)8-13/h13H,5-8H2,1-4H3. The molecule has 94 valence electrons. The van der Waals surface area contributed by atoms with Crippen molar-refractivity contribution in [3.05, 3.63) is 0 Å². The van der Waals surface area contributed by atoms with Gasteiger partial charge in [0.2, 0.25) is 0 Å². The maximum atomic E-state index is 11.5. The molecule has 0 amide bonds. The van der Waals surface area contributed by atoms with Gasteiger partial charge in [0.05, 0.1) is 19.8 Å². The second-order valence-corrected chi connectivity index (χ2v) is 4.35. The molecular weight excluding hydrogens is 210 g/mol. The molecule has 0 atom stereocenters. The summed E-state index contributed by atoms with van der Waals surface area (Å²) < 4.78 is 4.68. The zero-order valence-electron chi connectivity index (χ0n) is 10.4. The minimum Gasteiger partial charge on any atom is -0.466 e. The Morgan fingerprint density at radius 1 is 1.38 bits per heavy atom. The molecule has 0 aromatic rings. The Balaban J connectivity index is 4.10. The first kappa shape index (κ1) is 15.1. The molecule has 5 nitrogen and oxygen atoms in total. The van der Waals surface area contributed by atoms with Gasteiger partial charge < -0.3 is 9.84 Å². The number of ketones is 1. The van der Waals surface area contributed by atoms with Crippen LogP contribution in [0.4, 0.5) is 0 Å². The summed E-state index contributed by atoms with van der Waals surface area (Å²) in [4.78, 5) is 24.2. The normalized spacial score (nSPS) is 11.6. The van der Waals surface area contributed by atoms with E-state index in [1.54, 1.807) is 18.9 Å². The summed E-state index contributed by atoms with van der Waals surface area (Å²) in [6, 6.07) is 0. The van der Waals surface area contributed by atoms with Gasteiger partial charge in [0.15, 0.2) is 5.78 Å². The first-order valence-corrected chi connectivity index (χ1v) is 5.33. The van der Waals surface area contributed by atoms with Crippen LogP contribution < -0.4 is 0 Å². The van der Waals surface area contributed by atoms with Crippen molar-refractivity contribution in [2.24, 2.45) is 0 Å². The maximum Gasteiger partial charge on any atom is 0.313 e. The fraction of sp³-hybridized carbons (Fsp3) is 0.818. The van der Waals surface area contributed by atoms with Crippen molar-refractivity contribution in [1.29, 1.82) is 0 Å². The lowest BCUT2D eigenvalue weighted by Crippen LogP contribution is -2.46. The molecule has 0 aliphatic heterocycles. The molecule has 0 saturated carbocycles. The molecule has 0 heterocycles. The van der Waals surface area contributed by atoms with Gasteiger partial charge in [0.1, 0.15) is 6.42 Å². The number of Topliss-reactive ketones (excluding diaryl/α,β-unsaturated/α-hetero) is 1. The number of esters is 1. The molecule has 0 fully saturated rings. The zero-order valence-corrected chi connectivity index (χ0v) is 10.4. The first-order chi connectivity index (χ1) is 7.33. The van der Waals surface area contributed by atoms with Gasteiger partial charge in [-0.25, -0.2) is 0 Å². The summed E-state index contributed by atoms with van der Waals surface area (Å²) in [6.45, 7) is 5.71. The predicted molar refractivity (Wildman–Crippen MR) is 60.1 cm³/mol. The number of hydrogen-bond donors (Lipinski definition) is 1. The molecule has 0 rings (SSSR count). The van der Waals surface area contributed by atoms with Gasteiger partial charge in [-0.15, -0.1) is 0 Å². The van der Waals surface area contributed by atoms with Crippen molar-refractivity contribution in [3.63, 3.8) is 0 Å². The smallest absolute Gasteiger partial charge is 0.313 e. The monoisotopic (exact) mass is 231 g/mol. The van der Waals surface area contributed by atoms with Crippen LogP contribution in [0.5, 0.6) is 0 Å². The Labute approximate surface area is 96.4 Å². The van der Waals surface area contributed by atoms with Crippen molar-refractivity contribution in [2.45, 2.75) is 32.7 Å².